The van der Waals surface area contributed by atoms with E-state index in [9.17, 15) is 8.78 Å². The number of halogens is 2. The Balaban J connectivity index is 2.38. The molecule has 1 aromatic rings. The Morgan fingerprint density at radius 2 is 1.89 bits per heavy atom. The minimum absolute atomic E-state index is 0.131. The summed E-state index contributed by atoms with van der Waals surface area (Å²) in [5, 5.41) is 0. The molecule has 1 aromatic carbocycles. The molecule has 1 fully saturated rings. The van der Waals surface area contributed by atoms with E-state index >= 15 is 0 Å². The van der Waals surface area contributed by atoms with Gasteiger partial charge in [0, 0.05) is 19.1 Å². The second-order valence-corrected chi connectivity index (χ2v) is 5.22. The number of hydrogen-bond acceptors (Lipinski definition) is 2. The van der Waals surface area contributed by atoms with Gasteiger partial charge in [0.05, 0.1) is 0 Å². The van der Waals surface area contributed by atoms with Crippen molar-refractivity contribution < 1.29 is 8.78 Å². The molecule has 1 aliphatic heterocycles. The molecular weight excluding hydrogens is 246 g/mol. The summed E-state index contributed by atoms with van der Waals surface area (Å²) in [6.45, 7) is 2.96. The van der Waals surface area contributed by atoms with Crippen LogP contribution in [0.15, 0.2) is 12.1 Å². The van der Waals surface area contributed by atoms with Gasteiger partial charge in [-0.25, -0.2) is 8.78 Å². The van der Waals surface area contributed by atoms with Crippen LogP contribution in [0.2, 0.25) is 0 Å². The van der Waals surface area contributed by atoms with Crippen LogP contribution < -0.4 is 10.6 Å². The van der Waals surface area contributed by atoms with Crippen LogP contribution in [-0.2, 0) is 6.54 Å². The molecule has 19 heavy (non-hydrogen) atoms. The Kier molecular flexibility index (Phi) is 4.75. The number of hydrogen-bond donors (Lipinski definition) is 1. The van der Waals surface area contributed by atoms with Crippen LogP contribution in [0.5, 0.6) is 0 Å². The van der Waals surface area contributed by atoms with E-state index in [-0.39, 0.29) is 18.3 Å². The van der Waals surface area contributed by atoms with Crippen LogP contribution >= 0.6 is 0 Å². The molecule has 2 N–H and O–H groups in total. The normalized spacial score (nSPS) is 20.4. The summed E-state index contributed by atoms with van der Waals surface area (Å²) in [4.78, 5) is 1.91. The maximum absolute atomic E-state index is 14.2. The van der Waals surface area contributed by atoms with Crippen molar-refractivity contribution in [3.05, 3.63) is 29.3 Å². The highest BCUT2D eigenvalue weighted by Gasteiger charge is 2.25. The zero-order valence-electron chi connectivity index (χ0n) is 11.5. The molecule has 1 aliphatic rings. The van der Waals surface area contributed by atoms with Crippen LogP contribution in [0.1, 0.15) is 44.6 Å². The second kappa shape index (κ2) is 6.33. The topological polar surface area (TPSA) is 29.3 Å². The number of nitrogens with two attached hydrogens (primary N) is 1. The highest BCUT2D eigenvalue weighted by Crippen LogP contribution is 2.31. The Bertz CT molecular complexity index is 411. The summed E-state index contributed by atoms with van der Waals surface area (Å²) in [6.07, 6.45) is 5.19. The first-order chi connectivity index (χ1) is 9.17. The van der Waals surface area contributed by atoms with Gasteiger partial charge in [-0.15, -0.1) is 0 Å². The Labute approximate surface area is 113 Å². The summed E-state index contributed by atoms with van der Waals surface area (Å²) in [7, 11) is 0. The summed E-state index contributed by atoms with van der Waals surface area (Å²) in [5.74, 6) is -0.971. The molecule has 2 nitrogen and oxygen atoms in total. The monoisotopic (exact) mass is 268 g/mol. The van der Waals surface area contributed by atoms with E-state index < -0.39 is 11.6 Å². The summed E-state index contributed by atoms with van der Waals surface area (Å²) >= 11 is 0. The summed E-state index contributed by atoms with van der Waals surface area (Å²) < 4.78 is 28.4. The smallest absolute Gasteiger partial charge is 0.149 e. The Morgan fingerprint density at radius 3 is 2.47 bits per heavy atom. The van der Waals surface area contributed by atoms with Gasteiger partial charge in [0.25, 0.3) is 0 Å². The van der Waals surface area contributed by atoms with Gasteiger partial charge in [-0.3, -0.25) is 0 Å². The van der Waals surface area contributed by atoms with Crippen molar-refractivity contribution in [3.63, 3.8) is 0 Å². The zero-order valence-corrected chi connectivity index (χ0v) is 11.5. The van der Waals surface area contributed by atoms with Crippen molar-refractivity contribution in [1.29, 1.82) is 0 Å². The number of anilines is 1. The van der Waals surface area contributed by atoms with Crippen molar-refractivity contribution in [3.8, 4) is 0 Å². The molecule has 0 bridgehead atoms. The molecule has 1 unspecified atom stereocenters. The van der Waals surface area contributed by atoms with Crippen molar-refractivity contribution >= 4 is 5.69 Å². The lowest BCUT2D eigenvalue weighted by molar-refractivity contribution is 0.516. The Morgan fingerprint density at radius 1 is 1.21 bits per heavy atom. The third-order valence-corrected chi connectivity index (χ3v) is 3.95. The fourth-order valence-corrected chi connectivity index (χ4v) is 2.91. The predicted molar refractivity (Wildman–Crippen MR) is 74.1 cm³/mol. The van der Waals surface area contributed by atoms with E-state index in [1.807, 2.05) is 4.90 Å². The van der Waals surface area contributed by atoms with Gasteiger partial charge in [0.1, 0.15) is 17.3 Å². The first-order valence-corrected chi connectivity index (χ1v) is 7.12. The van der Waals surface area contributed by atoms with E-state index in [0.29, 0.717) is 5.56 Å². The highest BCUT2D eigenvalue weighted by atomic mass is 19.1. The molecule has 0 radical (unpaired) electrons. The largest absolute Gasteiger partial charge is 0.364 e. The van der Waals surface area contributed by atoms with Crippen molar-refractivity contribution in [1.82, 2.24) is 0 Å². The van der Waals surface area contributed by atoms with Gasteiger partial charge in [-0.2, -0.15) is 0 Å². The lowest BCUT2D eigenvalue weighted by Crippen LogP contribution is -2.35. The van der Waals surface area contributed by atoms with Gasteiger partial charge in [-0.1, -0.05) is 19.8 Å². The number of benzene rings is 1. The second-order valence-electron chi connectivity index (χ2n) is 5.22. The van der Waals surface area contributed by atoms with Crippen LogP contribution in [0.3, 0.4) is 0 Å². The van der Waals surface area contributed by atoms with E-state index in [2.05, 4.69) is 6.92 Å². The molecule has 1 atom stereocenters. The van der Waals surface area contributed by atoms with Crippen LogP contribution in [-0.4, -0.2) is 12.6 Å². The molecule has 106 valence electrons. The molecule has 0 amide bonds. The van der Waals surface area contributed by atoms with Crippen molar-refractivity contribution in [2.24, 2.45) is 5.73 Å². The van der Waals surface area contributed by atoms with E-state index in [1.165, 1.54) is 12.1 Å². The minimum atomic E-state index is -0.485. The molecule has 4 heteroatoms. The third kappa shape index (κ3) is 3.06. The summed E-state index contributed by atoms with van der Waals surface area (Å²) in [6, 6.07) is 2.95. The van der Waals surface area contributed by atoms with E-state index in [1.54, 1.807) is 0 Å². The molecule has 0 aliphatic carbocycles. The zero-order chi connectivity index (χ0) is 13.8. The SMILES string of the molecule is CCC1CCCCCN1c1c(F)cc(CN)cc1F. The first kappa shape index (κ1) is 14.3. The minimum Gasteiger partial charge on any atom is -0.364 e. The maximum Gasteiger partial charge on any atom is 0.149 e. The van der Waals surface area contributed by atoms with Gasteiger partial charge in [0.2, 0.25) is 0 Å². The van der Waals surface area contributed by atoms with Crippen molar-refractivity contribution in [2.45, 2.75) is 51.6 Å². The highest BCUT2D eigenvalue weighted by molar-refractivity contribution is 5.51. The molecule has 2 rings (SSSR count). The standard InChI is InChI=1S/C15H22F2N2/c1-2-12-6-4-3-5-7-19(12)15-13(16)8-11(10-18)9-14(15)17/h8-9,12H,2-7,10,18H2,1H3. The molecule has 0 spiro atoms. The molecule has 1 heterocycles. The van der Waals surface area contributed by atoms with Crippen molar-refractivity contribution in [2.75, 3.05) is 11.4 Å². The van der Waals surface area contributed by atoms with Gasteiger partial charge in [-0.05, 0) is 37.0 Å². The molecular formula is C15H22F2N2. The van der Waals surface area contributed by atoms with E-state index in [4.69, 9.17) is 5.73 Å². The lowest BCUT2D eigenvalue weighted by atomic mass is 10.1. The fourth-order valence-electron chi connectivity index (χ4n) is 2.91. The summed E-state index contributed by atoms with van der Waals surface area (Å²) in [5.41, 5.74) is 6.08. The van der Waals surface area contributed by atoms with Crippen LogP contribution in [0.4, 0.5) is 14.5 Å². The lowest BCUT2D eigenvalue weighted by Gasteiger charge is -2.32. The molecule has 0 aromatic heterocycles. The maximum atomic E-state index is 14.2. The number of rotatable bonds is 3. The molecule has 0 saturated carbocycles. The van der Waals surface area contributed by atoms with Gasteiger partial charge >= 0.3 is 0 Å². The third-order valence-electron chi connectivity index (χ3n) is 3.95. The predicted octanol–water partition coefficient (Wildman–Crippen LogP) is 3.58. The van der Waals surface area contributed by atoms with Gasteiger partial charge in [0.15, 0.2) is 0 Å². The molecule has 1 saturated heterocycles. The van der Waals surface area contributed by atoms with E-state index in [0.717, 1.165) is 38.6 Å². The number of nitrogens with zero attached hydrogens (tertiary/aromatic N) is 1. The first-order valence-electron chi connectivity index (χ1n) is 7.12. The average Bonchev–Trinajstić information content (AvgIpc) is 2.63. The Hall–Kier alpha value is -1.16. The van der Waals surface area contributed by atoms with Crippen LogP contribution in [0, 0.1) is 11.6 Å². The average molecular weight is 268 g/mol. The quantitative estimate of drug-likeness (QED) is 0.908. The van der Waals surface area contributed by atoms with Crippen LogP contribution in [0.25, 0.3) is 0 Å². The fraction of sp³-hybridized carbons (Fsp3) is 0.600. The van der Waals surface area contributed by atoms with Gasteiger partial charge < -0.3 is 10.6 Å².